The number of hydrogen-bond acceptors (Lipinski definition) is 7. The number of carbonyl (C=O) groups is 2. The molecule has 1 aliphatic heterocycles. The van der Waals surface area contributed by atoms with Gasteiger partial charge in [-0.1, -0.05) is 11.3 Å². The summed E-state index contributed by atoms with van der Waals surface area (Å²) < 4.78 is 25.8. The number of nitrogens with one attached hydrogen (secondary N) is 1. The first-order chi connectivity index (χ1) is 9.80. The Morgan fingerprint density at radius 3 is 2.81 bits per heavy atom. The fraction of sp³-hybridized carbons (Fsp3) is 0.600. The summed E-state index contributed by atoms with van der Waals surface area (Å²) in [4.78, 5) is 21.7. The monoisotopic (exact) mass is 334 g/mol. The summed E-state index contributed by atoms with van der Waals surface area (Å²) in [6.07, 6.45) is 0.869. The number of rotatable bonds is 5. The van der Waals surface area contributed by atoms with E-state index in [0.717, 1.165) is 15.6 Å². The molecule has 0 spiro atoms. The highest BCUT2D eigenvalue weighted by atomic mass is 32.2. The van der Waals surface area contributed by atoms with Crippen molar-refractivity contribution in [1.82, 2.24) is 14.5 Å². The summed E-state index contributed by atoms with van der Waals surface area (Å²) >= 11 is 0.745. The number of carbonyl (C=O) groups excluding carboxylic acids is 1. The van der Waals surface area contributed by atoms with Gasteiger partial charge < -0.3 is 10.4 Å². The molecule has 1 amide bonds. The average Bonchev–Trinajstić information content (AvgIpc) is 2.96. The summed E-state index contributed by atoms with van der Waals surface area (Å²) in [5, 5.41) is 18.5. The van der Waals surface area contributed by atoms with Crippen LogP contribution in [0.25, 0.3) is 0 Å². The molecule has 0 aliphatic carbocycles. The standard InChI is InChI=1S/C10H14N4O5S2/c1-6(15)11-9-12-13-10(20-9)21(18,19)14-4-2-3-7(14)5-8(16)17/h7H,2-5H2,1H3,(H,16,17)(H,11,12,15). The minimum Gasteiger partial charge on any atom is -0.481 e. The Bertz CT molecular complexity index is 656. The van der Waals surface area contributed by atoms with E-state index in [9.17, 15) is 18.0 Å². The Labute approximate surface area is 125 Å². The van der Waals surface area contributed by atoms with Gasteiger partial charge in [-0.2, -0.15) is 4.31 Å². The summed E-state index contributed by atoms with van der Waals surface area (Å²) in [6.45, 7) is 1.54. The maximum absolute atomic E-state index is 12.5. The topological polar surface area (TPSA) is 130 Å². The third-order valence-electron chi connectivity index (χ3n) is 2.95. The first-order valence-electron chi connectivity index (χ1n) is 6.15. The van der Waals surface area contributed by atoms with Crippen molar-refractivity contribution >= 4 is 38.4 Å². The lowest BCUT2D eigenvalue weighted by molar-refractivity contribution is -0.137. The summed E-state index contributed by atoms with van der Waals surface area (Å²) in [7, 11) is -3.88. The zero-order chi connectivity index (χ0) is 15.6. The van der Waals surface area contributed by atoms with Crippen LogP contribution in [0.3, 0.4) is 0 Å². The molecule has 2 N–H and O–H groups in total. The van der Waals surface area contributed by atoms with Crippen molar-refractivity contribution in [2.45, 2.75) is 36.6 Å². The van der Waals surface area contributed by atoms with Gasteiger partial charge >= 0.3 is 5.97 Å². The van der Waals surface area contributed by atoms with Crippen LogP contribution in [0, 0.1) is 0 Å². The van der Waals surface area contributed by atoms with E-state index in [1.807, 2.05) is 0 Å². The van der Waals surface area contributed by atoms with Crippen molar-refractivity contribution < 1.29 is 23.1 Å². The van der Waals surface area contributed by atoms with Gasteiger partial charge in [0.25, 0.3) is 10.0 Å². The number of nitrogens with zero attached hydrogens (tertiary/aromatic N) is 3. The highest BCUT2D eigenvalue weighted by Crippen LogP contribution is 2.30. The van der Waals surface area contributed by atoms with Crippen LogP contribution in [0.4, 0.5) is 5.13 Å². The number of sulfonamides is 1. The fourth-order valence-electron chi connectivity index (χ4n) is 2.15. The van der Waals surface area contributed by atoms with Crippen LogP contribution in [-0.4, -0.2) is 52.5 Å². The van der Waals surface area contributed by atoms with Gasteiger partial charge in [-0.25, -0.2) is 8.42 Å². The Hall–Kier alpha value is -1.59. The second kappa shape index (κ2) is 6.03. The molecule has 0 saturated carbocycles. The van der Waals surface area contributed by atoms with E-state index in [4.69, 9.17) is 5.11 Å². The van der Waals surface area contributed by atoms with E-state index in [0.29, 0.717) is 12.8 Å². The van der Waals surface area contributed by atoms with Crippen molar-refractivity contribution in [3.05, 3.63) is 0 Å². The van der Waals surface area contributed by atoms with Gasteiger partial charge in [0.1, 0.15) is 0 Å². The van der Waals surface area contributed by atoms with Gasteiger partial charge in [-0.3, -0.25) is 9.59 Å². The number of anilines is 1. The molecule has 1 aromatic heterocycles. The van der Waals surface area contributed by atoms with Crippen LogP contribution >= 0.6 is 11.3 Å². The predicted octanol–water partition coefficient (Wildman–Crippen LogP) is 0.124. The van der Waals surface area contributed by atoms with Crippen LogP contribution in [0.2, 0.25) is 0 Å². The van der Waals surface area contributed by atoms with Crippen molar-refractivity contribution in [3.8, 4) is 0 Å². The molecule has 1 unspecified atom stereocenters. The van der Waals surface area contributed by atoms with Crippen molar-refractivity contribution in [3.63, 3.8) is 0 Å². The number of carboxylic acids is 1. The van der Waals surface area contributed by atoms with Crippen LogP contribution in [0.1, 0.15) is 26.2 Å². The molecule has 0 radical (unpaired) electrons. The minimum absolute atomic E-state index is 0.0926. The SMILES string of the molecule is CC(=O)Nc1nnc(S(=O)(=O)N2CCCC2CC(=O)O)s1. The molecule has 2 rings (SSSR count). The highest BCUT2D eigenvalue weighted by molar-refractivity contribution is 7.91. The molecule has 1 atom stereocenters. The van der Waals surface area contributed by atoms with Gasteiger partial charge in [-0.05, 0) is 12.8 Å². The number of carboxylic acid groups (broad SMARTS) is 1. The Balaban J connectivity index is 2.22. The van der Waals surface area contributed by atoms with Gasteiger partial charge in [-0.15, -0.1) is 10.2 Å². The smallest absolute Gasteiger partial charge is 0.304 e. The average molecular weight is 334 g/mol. The van der Waals surface area contributed by atoms with E-state index < -0.39 is 22.0 Å². The molecule has 1 fully saturated rings. The summed E-state index contributed by atoms with van der Waals surface area (Å²) in [5.41, 5.74) is 0. The summed E-state index contributed by atoms with van der Waals surface area (Å²) in [6, 6.07) is -0.569. The maximum Gasteiger partial charge on any atom is 0.304 e. The summed E-state index contributed by atoms with van der Waals surface area (Å²) in [5.74, 6) is -1.42. The Kier molecular flexibility index (Phi) is 4.54. The molecule has 1 aromatic rings. The first-order valence-corrected chi connectivity index (χ1v) is 8.41. The van der Waals surface area contributed by atoms with Crippen LogP contribution in [-0.2, 0) is 19.6 Å². The molecule has 9 nitrogen and oxygen atoms in total. The molecule has 116 valence electrons. The molecule has 11 heteroatoms. The predicted molar refractivity (Wildman–Crippen MR) is 73.4 cm³/mol. The van der Waals surface area contributed by atoms with Crippen LogP contribution in [0.5, 0.6) is 0 Å². The van der Waals surface area contributed by atoms with Crippen LogP contribution in [0.15, 0.2) is 4.34 Å². The largest absolute Gasteiger partial charge is 0.481 e. The first kappa shape index (κ1) is 15.8. The van der Waals surface area contributed by atoms with Crippen LogP contribution < -0.4 is 5.32 Å². The second-order valence-corrected chi connectivity index (χ2v) is 7.61. The molecule has 2 heterocycles. The van der Waals surface area contributed by atoms with Crippen molar-refractivity contribution in [2.24, 2.45) is 0 Å². The van der Waals surface area contributed by atoms with E-state index in [1.54, 1.807) is 0 Å². The van der Waals surface area contributed by atoms with Gasteiger partial charge in [0.15, 0.2) is 0 Å². The number of hydrogen-bond donors (Lipinski definition) is 2. The normalized spacial score (nSPS) is 19.6. The molecule has 1 saturated heterocycles. The fourth-order valence-corrected chi connectivity index (χ4v) is 4.90. The highest BCUT2D eigenvalue weighted by Gasteiger charge is 2.38. The van der Waals surface area contributed by atoms with Gasteiger partial charge in [0.05, 0.1) is 6.42 Å². The molecule has 0 bridgehead atoms. The molecular weight excluding hydrogens is 320 g/mol. The lowest BCUT2D eigenvalue weighted by atomic mass is 10.2. The van der Waals surface area contributed by atoms with E-state index in [2.05, 4.69) is 15.5 Å². The number of aromatic nitrogens is 2. The van der Waals surface area contributed by atoms with Crippen molar-refractivity contribution in [1.29, 1.82) is 0 Å². The Morgan fingerprint density at radius 2 is 2.19 bits per heavy atom. The number of amides is 1. The third-order valence-corrected chi connectivity index (χ3v) is 6.09. The van der Waals surface area contributed by atoms with E-state index in [1.165, 1.54) is 6.92 Å². The maximum atomic E-state index is 12.5. The second-order valence-electron chi connectivity index (χ2n) is 4.56. The lowest BCUT2D eigenvalue weighted by Crippen LogP contribution is -2.36. The lowest BCUT2D eigenvalue weighted by Gasteiger charge is -2.20. The third kappa shape index (κ3) is 3.54. The van der Waals surface area contributed by atoms with E-state index in [-0.39, 0.29) is 28.3 Å². The zero-order valence-electron chi connectivity index (χ0n) is 11.1. The van der Waals surface area contributed by atoms with Gasteiger partial charge in [0.2, 0.25) is 15.4 Å². The van der Waals surface area contributed by atoms with Crippen molar-refractivity contribution in [2.75, 3.05) is 11.9 Å². The molecular formula is C10H14N4O5S2. The van der Waals surface area contributed by atoms with Gasteiger partial charge in [0, 0.05) is 19.5 Å². The quantitative estimate of drug-likeness (QED) is 0.732. The number of aliphatic carboxylic acids is 1. The molecule has 1 aliphatic rings. The molecule has 0 aromatic carbocycles. The minimum atomic E-state index is -3.88. The zero-order valence-corrected chi connectivity index (χ0v) is 12.8. The van der Waals surface area contributed by atoms with E-state index >= 15 is 0 Å². The Morgan fingerprint density at radius 1 is 1.48 bits per heavy atom. The molecule has 21 heavy (non-hydrogen) atoms.